The SMILES string of the molecule is CNc1ccccc1C(=O)N(C)OC. The highest BCUT2D eigenvalue weighted by Gasteiger charge is 2.13. The second-order valence-electron chi connectivity index (χ2n) is 2.78. The molecule has 0 bridgehead atoms. The van der Waals surface area contributed by atoms with Crippen LogP contribution in [0.3, 0.4) is 0 Å². The molecule has 0 aliphatic heterocycles. The predicted octanol–water partition coefficient (Wildman–Crippen LogP) is 1.36. The summed E-state index contributed by atoms with van der Waals surface area (Å²) in [6.07, 6.45) is 0. The molecule has 0 radical (unpaired) electrons. The van der Waals surface area contributed by atoms with E-state index < -0.39 is 0 Å². The molecule has 4 heteroatoms. The number of rotatable bonds is 3. The maximum atomic E-state index is 11.7. The van der Waals surface area contributed by atoms with Crippen LogP contribution in [-0.2, 0) is 4.84 Å². The van der Waals surface area contributed by atoms with Crippen molar-refractivity contribution in [1.29, 1.82) is 0 Å². The van der Waals surface area contributed by atoms with Crippen LogP contribution >= 0.6 is 0 Å². The molecule has 14 heavy (non-hydrogen) atoms. The van der Waals surface area contributed by atoms with Gasteiger partial charge in [0.25, 0.3) is 5.91 Å². The average Bonchev–Trinajstić information content (AvgIpc) is 2.26. The van der Waals surface area contributed by atoms with E-state index >= 15 is 0 Å². The van der Waals surface area contributed by atoms with Crippen LogP contribution in [0.2, 0.25) is 0 Å². The van der Waals surface area contributed by atoms with E-state index in [1.807, 2.05) is 18.2 Å². The van der Waals surface area contributed by atoms with Crippen molar-refractivity contribution in [2.45, 2.75) is 0 Å². The Balaban J connectivity index is 3.00. The number of nitrogens with one attached hydrogen (secondary N) is 1. The molecular formula is C10H14N2O2. The Morgan fingerprint density at radius 1 is 1.43 bits per heavy atom. The molecule has 0 saturated heterocycles. The van der Waals surface area contributed by atoms with Crippen LogP contribution in [0.1, 0.15) is 10.4 Å². The van der Waals surface area contributed by atoms with Gasteiger partial charge in [-0.1, -0.05) is 12.1 Å². The quantitative estimate of drug-likeness (QED) is 0.739. The molecule has 0 unspecified atom stereocenters. The lowest BCUT2D eigenvalue weighted by molar-refractivity contribution is -0.0756. The zero-order valence-electron chi connectivity index (χ0n) is 8.57. The van der Waals surface area contributed by atoms with Gasteiger partial charge in [0.1, 0.15) is 0 Å². The molecule has 1 N–H and O–H groups in total. The van der Waals surface area contributed by atoms with E-state index in [-0.39, 0.29) is 5.91 Å². The average molecular weight is 194 g/mol. The third-order valence-corrected chi connectivity index (χ3v) is 1.99. The zero-order valence-corrected chi connectivity index (χ0v) is 8.57. The van der Waals surface area contributed by atoms with Crippen LogP contribution in [-0.4, -0.2) is 32.2 Å². The Kier molecular flexibility index (Phi) is 3.48. The van der Waals surface area contributed by atoms with Crippen LogP contribution in [0, 0.1) is 0 Å². The van der Waals surface area contributed by atoms with Gasteiger partial charge in [-0.3, -0.25) is 9.63 Å². The maximum absolute atomic E-state index is 11.7. The van der Waals surface area contributed by atoms with Gasteiger partial charge in [0.05, 0.1) is 12.7 Å². The molecule has 1 amide bonds. The summed E-state index contributed by atoms with van der Waals surface area (Å²) in [5.74, 6) is -0.169. The Labute approximate surface area is 83.4 Å². The lowest BCUT2D eigenvalue weighted by Gasteiger charge is -2.15. The van der Waals surface area contributed by atoms with Crippen LogP contribution < -0.4 is 5.32 Å². The van der Waals surface area contributed by atoms with Gasteiger partial charge >= 0.3 is 0 Å². The minimum Gasteiger partial charge on any atom is -0.387 e. The Bertz CT molecular complexity index is 326. The first-order chi connectivity index (χ1) is 6.70. The van der Waals surface area contributed by atoms with Crippen molar-refractivity contribution in [3.63, 3.8) is 0 Å². The van der Waals surface area contributed by atoms with Gasteiger partial charge < -0.3 is 5.32 Å². The molecule has 0 saturated carbocycles. The predicted molar refractivity (Wildman–Crippen MR) is 55.1 cm³/mol. The monoisotopic (exact) mass is 194 g/mol. The van der Waals surface area contributed by atoms with Crippen LogP contribution in [0.5, 0.6) is 0 Å². The number of hydrogen-bond acceptors (Lipinski definition) is 3. The second-order valence-corrected chi connectivity index (χ2v) is 2.78. The molecule has 0 spiro atoms. The van der Waals surface area contributed by atoms with Crippen LogP contribution in [0.4, 0.5) is 5.69 Å². The third kappa shape index (κ3) is 2.03. The van der Waals surface area contributed by atoms with Crippen molar-refractivity contribution in [2.24, 2.45) is 0 Å². The fourth-order valence-electron chi connectivity index (χ4n) is 1.14. The first-order valence-corrected chi connectivity index (χ1v) is 4.29. The normalized spacial score (nSPS) is 9.64. The van der Waals surface area contributed by atoms with Gasteiger partial charge in [-0.25, -0.2) is 5.06 Å². The number of benzene rings is 1. The van der Waals surface area contributed by atoms with Crippen molar-refractivity contribution in [2.75, 3.05) is 26.5 Å². The number of nitrogens with zero attached hydrogens (tertiary/aromatic N) is 1. The number of amides is 1. The molecule has 0 atom stereocenters. The van der Waals surface area contributed by atoms with E-state index in [0.717, 1.165) is 5.69 Å². The fraction of sp³-hybridized carbons (Fsp3) is 0.300. The summed E-state index contributed by atoms with van der Waals surface area (Å²) in [5.41, 5.74) is 1.39. The summed E-state index contributed by atoms with van der Waals surface area (Å²) in [6, 6.07) is 7.29. The number of para-hydroxylation sites is 1. The largest absolute Gasteiger partial charge is 0.387 e. The summed E-state index contributed by atoms with van der Waals surface area (Å²) in [6.45, 7) is 0. The molecular weight excluding hydrogens is 180 g/mol. The van der Waals surface area contributed by atoms with Crippen LogP contribution in [0.15, 0.2) is 24.3 Å². The van der Waals surface area contributed by atoms with Crippen molar-refractivity contribution >= 4 is 11.6 Å². The molecule has 0 fully saturated rings. The van der Waals surface area contributed by atoms with Gasteiger partial charge in [0.2, 0.25) is 0 Å². The molecule has 0 aliphatic rings. The number of carbonyl (C=O) groups is 1. The van der Waals surface area contributed by atoms with Crippen molar-refractivity contribution in [1.82, 2.24) is 5.06 Å². The second kappa shape index (κ2) is 4.62. The summed E-state index contributed by atoms with van der Waals surface area (Å²) >= 11 is 0. The van der Waals surface area contributed by atoms with E-state index in [0.29, 0.717) is 5.56 Å². The smallest absolute Gasteiger partial charge is 0.279 e. The molecule has 1 aromatic rings. The zero-order chi connectivity index (χ0) is 10.6. The van der Waals surface area contributed by atoms with E-state index in [1.54, 1.807) is 20.2 Å². The summed E-state index contributed by atoms with van der Waals surface area (Å²) < 4.78 is 0. The first kappa shape index (κ1) is 10.5. The van der Waals surface area contributed by atoms with Crippen molar-refractivity contribution in [3.8, 4) is 0 Å². The third-order valence-electron chi connectivity index (χ3n) is 1.99. The number of carbonyl (C=O) groups excluding carboxylic acids is 1. The van der Waals surface area contributed by atoms with Crippen LogP contribution in [0.25, 0.3) is 0 Å². The van der Waals surface area contributed by atoms with Crippen molar-refractivity contribution < 1.29 is 9.63 Å². The Hall–Kier alpha value is -1.55. The standard InChI is InChI=1S/C10H14N2O2/c1-11-9-7-5-4-6-8(9)10(13)12(2)14-3/h4-7,11H,1-3H3. The number of hydroxylamine groups is 2. The molecule has 0 heterocycles. The highest BCUT2D eigenvalue weighted by Crippen LogP contribution is 2.15. The van der Waals surface area contributed by atoms with Gasteiger partial charge in [-0.05, 0) is 12.1 Å². The fourth-order valence-corrected chi connectivity index (χ4v) is 1.14. The highest BCUT2D eigenvalue weighted by molar-refractivity contribution is 5.98. The van der Waals surface area contributed by atoms with Gasteiger partial charge in [-0.15, -0.1) is 0 Å². The minimum absolute atomic E-state index is 0.169. The first-order valence-electron chi connectivity index (χ1n) is 4.29. The van der Waals surface area contributed by atoms with E-state index in [2.05, 4.69) is 5.32 Å². The Morgan fingerprint density at radius 2 is 2.07 bits per heavy atom. The maximum Gasteiger partial charge on any atom is 0.279 e. The van der Waals surface area contributed by atoms with Gasteiger partial charge in [-0.2, -0.15) is 0 Å². The highest BCUT2D eigenvalue weighted by atomic mass is 16.7. The summed E-state index contributed by atoms with van der Waals surface area (Å²) in [4.78, 5) is 16.5. The molecule has 76 valence electrons. The summed E-state index contributed by atoms with van der Waals surface area (Å²) in [5, 5.41) is 4.14. The lowest BCUT2D eigenvalue weighted by atomic mass is 10.1. The topological polar surface area (TPSA) is 41.6 Å². The number of hydrogen-bond donors (Lipinski definition) is 1. The molecule has 1 rings (SSSR count). The lowest BCUT2D eigenvalue weighted by Crippen LogP contribution is -2.26. The van der Waals surface area contributed by atoms with E-state index in [9.17, 15) is 4.79 Å². The molecule has 4 nitrogen and oxygen atoms in total. The van der Waals surface area contributed by atoms with E-state index in [1.165, 1.54) is 12.2 Å². The molecule has 0 aliphatic carbocycles. The van der Waals surface area contributed by atoms with Gasteiger partial charge in [0.15, 0.2) is 0 Å². The molecule has 1 aromatic carbocycles. The van der Waals surface area contributed by atoms with Crippen molar-refractivity contribution in [3.05, 3.63) is 29.8 Å². The molecule has 0 aromatic heterocycles. The van der Waals surface area contributed by atoms with Gasteiger partial charge in [0, 0.05) is 19.8 Å². The van der Waals surface area contributed by atoms with E-state index in [4.69, 9.17) is 4.84 Å². The number of anilines is 1. The minimum atomic E-state index is -0.169. The summed E-state index contributed by atoms with van der Waals surface area (Å²) in [7, 11) is 4.81. The Morgan fingerprint density at radius 3 is 2.64 bits per heavy atom.